The summed E-state index contributed by atoms with van der Waals surface area (Å²) in [4.78, 5) is 34.1. The first-order valence-electron chi connectivity index (χ1n) is 18.7. The number of benzene rings is 2. The van der Waals surface area contributed by atoms with Crippen molar-refractivity contribution in [2.75, 3.05) is 51.3 Å². The highest BCUT2D eigenvalue weighted by Crippen LogP contribution is 2.57. The number of terminal acetylenes is 1. The van der Waals surface area contributed by atoms with E-state index < -0.39 is 22.6 Å². The number of nitrogens with zero attached hydrogens (tertiary/aromatic N) is 7. The van der Waals surface area contributed by atoms with Gasteiger partial charge in [0.25, 0.3) is 0 Å². The third-order valence-electron chi connectivity index (χ3n) is 13.4. The highest BCUT2D eigenvalue weighted by molar-refractivity contribution is 6.04. The standard InChI is InChI=1S/C41H39F2N7O4/c1-4-27-29(42)6-5-22-12-26(51)13-28(31(22)27)34-33(43)35-32(37(45-34)53-3)36(49-17-25-7-8-41(20-49)39(2,18-44)14-30(52)50(25)41)47-38(46-35)54-21-40(9-10-40)19-48-15-23-11-24(23)16-48/h1,5-6,12-13,23-25,51H,7-11,14-17,19-21H2,2-3H3. The van der Waals surface area contributed by atoms with Crippen molar-refractivity contribution in [3.63, 3.8) is 0 Å². The van der Waals surface area contributed by atoms with Crippen LogP contribution in [0.3, 0.4) is 0 Å². The summed E-state index contributed by atoms with van der Waals surface area (Å²) >= 11 is 0. The smallest absolute Gasteiger partial charge is 0.319 e. The third-order valence-corrected chi connectivity index (χ3v) is 13.4. The maximum atomic E-state index is 17.4. The Morgan fingerprint density at radius 3 is 2.61 bits per heavy atom. The molecule has 6 aliphatic rings. The van der Waals surface area contributed by atoms with Crippen molar-refractivity contribution in [3.05, 3.63) is 41.5 Å². The lowest BCUT2D eigenvalue weighted by Gasteiger charge is -2.49. The summed E-state index contributed by atoms with van der Waals surface area (Å²) in [6.45, 7) is 6.09. The number of ether oxygens (including phenoxy) is 2. The van der Waals surface area contributed by atoms with E-state index >= 15 is 8.78 Å². The summed E-state index contributed by atoms with van der Waals surface area (Å²) in [7, 11) is 1.41. The number of phenols is 1. The molecular formula is C41H39F2N7O4. The van der Waals surface area contributed by atoms with Gasteiger partial charge in [0.2, 0.25) is 11.8 Å². The Morgan fingerprint density at radius 2 is 1.89 bits per heavy atom. The fraction of sp³-hybridized carbons (Fsp3) is 0.488. The van der Waals surface area contributed by atoms with Crippen LogP contribution in [0.1, 0.15) is 51.0 Å². The lowest BCUT2D eigenvalue weighted by atomic mass is 9.71. The summed E-state index contributed by atoms with van der Waals surface area (Å²) in [6, 6.07) is 7.68. The van der Waals surface area contributed by atoms with Gasteiger partial charge in [-0.15, -0.1) is 6.42 Å². The minimum atomic E-state index is -0.935. The number of piperidine rings is 1. The molecule has 1 N–H and O–H groups in total. The van der Waals surface area contributed by atoms with E-state index in [4.69, 9.17) is 20.9 Å². The molecule has 10 rings (SSSR count). The van der Waals surface area contributed by atoms with E-state index in [2.05, 4.69) is 26.9 Å². The van der Waals surface area contributed by atoms with Crippen molar-refractivity contribution < 1.29 is 28.2 Å². The van der Waals surface area contributed by atoms with Crippen LogP contribution in [0, 0.1) is 58.0 Å². The molecule has 2 aromatic carbocycles. The number of hydrogen-bond donors (Lipinski definition) is 1. The number of nitriles is 1. The van der Waals surface area contributed by atoms with Gasteiger partial charge in [-0.25, -0.2) is 13.8 Å². The van der Waals surface area contributed by atoms with E-state index in [1.54, 1.807) is 0 Å². The lowest BCUT2D eigenvalue weighted by Crippen LogP contribution is -2.64. The molecule has 4 aromatic rings. The van der Waals surface area contributed by atoms with Crippen molar-refractivity contribution >= 4 is 33.4 Å². The fourth-order valence-corrected chi connectivity index (χ4v) is 10.3. The SMILES string of the molecule is C#Cc1c(F)ccc2cc(O)cc(-c3nc(OC)c4c(N5CC6CCC7(C5)N6C(=O)CC7(C)C#N)nc(OCC5(CN6CC7CC7C6)CC5)nc4c3F)c12. The van der Waals surface area contributed by atoms with Gasteiger partial charge in [0.05, 0.1) is 42.3 Å². The number of aromatic nitrogens is 3. The van der Waals surface area contributed by atoms with Crippen LogP contribution in [0.5, 0.6) is 17.6 Å². The van der Waals surface area contributed by atoms with Crippen LogP contribution in [-0.4, -0.2) is 93.8 Å². The molecule has 276 valence electrons. The molecule has 2 saturated carbocycles. The minimum absolute atomic E-state index is 0.00202. The topological polar surface area (TPSA) is 128 Å². The second kappa shape index (κ2) is 11.4. The van der Waals surface area contributed by atoms with Gasteiger partial charge < -0.3 is 29.3 Å². The van der Waals surface area contributed by atoms with Crippen LogP contribution in [0.2, 0.25) is 0 Å². The number of halogens is 2. The van der Waals surface area contributed by atoms with Gasteiger partial charge in [-0.05, 0) is 74.4 Å². The number of carbonyl (C=O) groups is 1. The number of piperazine rings is 1. The number of anilines is 1. The summed E-state index contributed by atoms with van der Waals surface area (Å²) in [6.07, 6.45) is 10.6. The first kappa shape index (κ1) is 33.3. The number of rotatable bonds is 8. The Balaban J connectivity index is 1.13. The number of fused-ring (bicyclic) bond motifs is 3. The van der Waals surface area contributed by atoms with Crippen molar-refractivity contribution in [1.82, 2.24) is 24.8 Å². The van der Waals surface area contributed by atoms with Crippen LogP contribution in [0.25, 0.3) is 32.9 Å². The van der Waals surface area contributed by atoms with Gasteiger partial charge in [0.15, 0.2) is 5.82 Å². The second-order valence-corrected chi connectivity index (χ2v) is 16.7. The van der Waals surface area contributed by atoms with E-state index in [1.807, 2.05) is 16.7 Å². The zero-order valence-corrected chi connectivity index (χ0v) is 30.2. The van der Waals surface area contributed by atoms with E-state index in [9.17, 15) is 15.2 Å². The molecule has 6 heterocycles. The van der Waals surface area contributed by atoms with Crippen molar-refractivity contribution in [1.29, 1.82) is 5.26 Å². The van der Waals surface area contributed by atoms with Gasteiger partial charge in [-0.1, -0.05) is 12.0 Å². The normalized spacial score (nSPS) is 28.9. The second-order valence-electron chi connectivity index (χ2n) is 16.7. The van der Waals surface area contributed by atoms with E-state index in [0.29, 0.717) is 37.3 Å². The van der Waals surface area contributed by atoms with E-state index in [0.717, 1.165) is 50.7 Å². The molecule has 2 aliphatic carbocycles. The summed E-state index contributed by atoms with van der Waals surface area (Å²) < 4.78 is 44.8. The van der Waals surface area contributed by atoms with Gasteiger partial charge in [0.1, 0.15) is 34.0 Å². The lowest BCUT2D eigenvalue weighted by molar-refractivity contribution is -0.132. The zero-order chi connectivity index (χ0) is 37.3. The number of aromatic hydroxyl groups is 1. The van der Waals surface area contributed by atoms with Crippen LogP contribution < -0.4 is 14.4 Å². The van der Waals surface area contributed by atoms with Crippen LogP contribution in [0.4, 0.5) is 14.6 Å². The third kappa shape index (κ3) is 4.73. The Labute approximate surface area is 310 Å². The molecule has 54 heavy (non-hydrogen) atoms. The molecule has 5 unspecified atom stereocenters. The summed E-state index contributed by atoms with van der Waals surface area (Å²) in [5.74, 6) is 2.61. The molecule has 2 aromatic heterocycles. The molecule has 11 nitrogen and oxygen atoms in total. The number of phenolic OH excluding ortho intramolecular Hbond substituents is 1. The number of hydrogen-bond acceptors (Lipinski definition) is 10. The van der Waals surface area contributed by atoms with E-state index in [-0.39, 0.29) is 74.5 Å². The Kier molecular flexibility index (Phi) is 7.02. The van der Waals surface area contributed by atoms with Gasteiger partial charge in [0, 0.05) is 55.5 Å². The molecule has 0 spiro atoms. The monoisotopic (exact) mass is 731 g/mol. The van der Waals surface area contributed by atoms with Gasteiger partial charge >= 0.3 is 6.01 Å². The zero-order valence-electron chi connectivity index (χ0n) is 30.2. The molecule has 0 radical (unpaired) electrons. The molecule has 4 aliphatic heterocycles. The number of amides is 1. The molecular weight excluding hydrogens is 692 g/mol. The van der Waals surface area contributed by atoms with Crippen molar-refractivity contribution in [3.8, 4) is 47.3 Å². The van der Waals surface area contributed by atoms with E-state index in [1.165, 1.54) is 37.8 Å². The Hall–Kier alpha value is -5.27. The maximum Gasteiger partial charge on any atom is 0.319 e. The maximum absolute atomic E-state index is 17.4. The highest BCUT2D eigenvalue weighted by atomic mass is 19.1. The minimum Gasteiger partial charge on any atom is -0.508 e. The molecule has 13 heteroatoms. The van der Waals surface area contributed by atoms with Gasteiger partial charge in [-0.3, -0.25) is 4.79 Å². The Morgan fingerprint density at radius 1 is 1.09 bits per heavy atom. The molecule has 4 saturated heterocycles. The average molecular weight is 732 g/mol. The molecule has 1 amide bonds. The number of pyridine rings is 1. The highest BCUT2D eigenvalue weighted by Gasteiger charge is 2.68. The molecule has 2 bridgehead atoms. The fourth-order valence-electron chi connectivity index (χ4n) is 10.3. The first-order chi connectivity index (χ1) is 26.0. The van der Waals surface area contributed by atoms with Crippen LogP contribution in [0.15, 0.2) is 24.3 Å². The first-order valence-corrected chi connectivity index (χ1v) is 18.7. The van der Waals surface area contributed by atoms with Crippen LogP contribution in [-0.2, 0) is 4.79 Å². The average Bonchev–Trinajstić information content (AvgIpc) is 4.02. The summed E-state index contributed by atoms with van der Waals surface area (Å²) in [5, 5.41) is 22.0. The quantitative estimate of drug-likeness (QED) is 0.235. The predicted octanol–water partition coefficient (Wildman–Crippen LogP) is 5.41. The van der Waals surface area contributed by atoms with Gasteiger partial charge in [-0.2, -0.15) is 15.2 Å². The van der Waals surface area contributed by atoms with Crippen molar-refractivity contribution in [2.24, 2.45) is 22.7 Å². The molecule has 5 atom stereocenters. The summed E-state index contributed by atoms with van der Waals surface area (Å²) in [5.41, 5.74) is -2.13. The largest absolute Gasteiger partial charge is 0.508 e. The van der Waals surface area contributed by atoms with Crippen molar-refractivity contribution in [2.45, 2.75) is 57.0 Å². The number of methoxy groups -OCH3 is 1. The predicted molar refractivity (Wildman–Crippen MR) is 195 cm³/mol. The number of likely N-dealkylation sites (tertiary alicyclic amines) is 1. The van der Waals surface area contributed by atoms with Crippen LogP contribution >= 0.6 is 0 Å². The molecule has 6 fully saturated rings. The number of carbonyl (C=O) groups excluding carboxylic acids is 1. The Bertz CT molecular complexity index is 2400.